The molecule has 0 aromatic carbocycles. The number of fused-ring (bicyclic) bond motifs is 1. The Hall–Kier alpha value is -1.46. The lowest BCUT2D eigenvalue weighted by atomic mass is 9.80. The number of hydrogen-bond acceptors (Lipinski definition) is 4. The van der Waals surface area contributed by atoms with Crippen molar-refractivity contribution in [2.45, 2.75) is 26.2 Å². The predicted octanol–water partition coefficient (Wildman–Crippen LogP) is 1.96. The Balaban J connectivity index is 1.49. The van der Waals surface area contributed by atoms with Gasteiger partial charge >= 0.3 is 0 Å². The average molecular weight is 329 g/mol. The maximum atomic E-state index is 12.9. The third kappa shape index (κ3) is 2.95. The van der Waals surface area contributed by atoms with Crippen molar-refractivity contribution in [2.75, 3.05) is 45.9 Å². The lowest BCUT2D eigenvalue weighted by Crippen LogP contribution is -2.45. The van der Waals surface area contributed by atoms with E-state index in [1.807, 2.05) is 30.0 Å². The molecule has 3 saturated heterocycles. The molecule has 24 heavy (non-hydrogen) atoms. The van der Waals surface area contributed by atoms with Crippen molar-refractivity contribution in [3.63, 3.8) is 0 Å². The van der Waals surface area contributed by atoms with Crippen molar-refractivity contribution in [1.82, 2.24) is 14.8 Å². The molecule has 1 aromatic heterocycles. The molecule has 0 aliphatic carbocycles. The Morgan fingerprint density at radius 2 is 2.17 bits per heavy atom. The fraction of sp³-hybridized carbons (Fsp3) is 0.684. The van der Waals surface area contributed by atoms with Crippen molar-refractivity contribution >= 4 is 5.91 Å². The summed E-state index contributed by atoms with van der Waals surface area (Å²) in [7, 11) is 0. The van der Waals surface area contributed by atoms with Crippen LogP contribution in [0, 0.1) is 18.3 Å². The summed E-state index contributed by atoms with van der Waals surface area (Å²) in [4.78, 5) is 21.9. The molecule has 2 atom stereocenters. The molecule has 3 aliphatic rings. The highest BCUT2D eigenvalue weighted by molar-refractivity contribution is 5.92. The molecule has 3 aliphatic heterocycles. The Morgan fingerprint density at radius 1 is 1.33 bits per heavy atom. The van der Waals surface area contributed by atoms with Gasteiger partial charge in [0.15, 0.2) is 0 Å². The number of aromatic nitrogens is 1. The summed E-state index contributed by atoms with van der Waals surface area (Å²) < 4.78 is 5.83. The van der Waals surface area contributed by atoms with Gasteiger partial charge in [-0.3, -0.25) is 4.79 Å². The minimum Gasteiger partial charge on any atom is -0.380 e. The molecule has 130 valence electrons. The zero-order valence-electron chi connectivity index (χ0n) is 14.5. The lowest BCUT2D eigenvalue weighted by Gasteiger charge is -2.36. The lowest BCUT2D eigenvalue weighted by molar-refractivity contribution is 0.0650. The smallest absolute Gasteiger partial charge is 0.272 e. The standard InChI is InChI=1S/C19H27N3O2/c1-15-6-5-7-17(20-15)18(23)22-10-16-11-24-14-19(16,13-22)12-21-8-3-2-4-9-21/h5-7,16H,2-4,8-14H2,1H3/t16-,19+/m1/s1. The van der Waals surface area contributed by atoms with Crippen LogP contribution in [0.25, 0.3) is 0 Å². The highest BCUT2D eigenvalue weighted by Gasteiger charge is 2.52. The molecule has 5 heteroatoms. The third-order valence-electron chi connectivity index (χ3n) is 5.90. The monoisotopic (exact) mass is 329 g/mol. The van der Waals surface area contributed by atoms with Gasteiger partial charge in [0.2, 0.25) is 0 Å². The SMILES string of the molecule is Cc1cccc(C(=O)N2C[C@@H]3COC[C@]3(CN3CCCCC3)C2)n1. The van der Waals surface area contributed by atoms with E-state index in [0.29, 0.717) is 11.6 Å². The Bertz CT molecular complexity index is 614. The molecule has 0 radical (unpaired) electrons. The van der Waals surface area contributed by atoms with Crippen LogP contribution in [0.1, 0.15) is 35.4 Å². The van der Waals surface area contributed by atoms with Crippen LogP contribution in [-0.4, -0.2) is 66.6 Å². The van der Waals surface area contributed by atoms with Gasteiger partial charge in [-0.25, -0.2) is 4.98 Å². The molecule has 4 heterocycles. The summed E-state index contributed by atoms with van der Waals surface area (Å²) in [6.07, 6.45) is 3.96. The maximum Gasteiger partial charge on any atom is 0.272 e. The summed E-state index contributed by atoms with van der Waals surface area (Å²) in [5, 5.41) is 0. The van der Waals surface area contributed by atoms with Crippen LogP contribution in [0.5, 0.6) is 0 Å². The number of ether oxygens (including phenoxy) is 1. The van der Waals surface area contributed by atoms with E-state index in [-0.39, 0.29) is 11.3 Å². The first-order valence-corrected chi connectivity index (χ1v) is 9.19. The van der Waals surface area contributed by atoms with Gasteiger partial charge in [0.05, 0.1) is 13.2 Å². The summed E-state index contributed by atoms with van der Waals surface area (Å²) in [6, 6.07) is 5.68. The molecular weight excluding hydrogens is 302 g/mol. The van der Waals surface area contributed by atoms with Crippen LogP contribution in [0.2, 0.25) is 0 Å². The van der Waals surface area contributed by atoms with Gasteiger partial charge in [-0.15, -0.1) is 0 Å². The van der Waals surface area contributed by atoms with E-state index in [1.54, 1.807) is 0 Å². The number of piperidine rings is 1. The van der Waals surface area contributed by atoms with Crippen LogP contribution >= 0.6 is 0 Å². The fourth-order valence-corrected chi connectivity index (χ4v) is 4.60. The second-order valence-corrected chi connectivity index (χ2v) is 7.76. The normalized spacial score (nSPS) is 30.5. The summed E-state index contributed by atoms with van der Waals surface area (Å²) in [5.41, 5.74) is 1.59. The highest BCUT2D eigenvalue weighted by atomic mass is 16.5. The Morgan fingerprint density at radius 3 is 2.96 bits per heavy atom. The summed E-state index contributed by atoms with van der Waals surface area (Å²) in [6.45, 7) is 8.59. The summed E-state index contributed by atoms with van der Waals surface area (Å²) >= 11 is 0. The van der Waals surface area contributed by atoms with E-state index >= 15 is 0 Å². The molecular formula is C19H27N3O2. The van der Waals surface area contributed by atoms with Crippen molar-refractivity contribution < 1.29 is 9.53 Å². The highest BCUT2D eigenvalue weighted by Crippen LogP contribution is 2.42. The van der Waals surface area contributed by atoms with Crippen LogP contribution in [0.4, 0.5) is 0 Å². The Kier molecular flexibility index (Phi) is 4.31. The van der Waals surface area contributed by atoms with E-state index in [1.165, 1.54) is 32.4 Å². The zero-order valence-corrected chi connectivity index (χ0v) is 14.5. The molecule has 0 unspecified atom stereocenters. The van der Waals surface area contributed by atoms with E-state index < -0.39 is 0 Å². The van der Waals surface area contributed by atoms with Crippen LogP contribution in [-0.2, 0) is 4.74 Å². The molecule has 1 aromatic rings. The van der Waals surface area contributed by atoms with Gasteiger partial charge in [0, 0.05) is 36.7 Å². The van der Waals surface area contributed by atoms with E-state index in [9.17, 15) is 4.79 Å². The average Bonchev–Trinajstić information content (AvgIpc) is 3.11. The summed E-state index contributed by atoms with van der Waals surface area (Å²) in [5.74, 6) is 0.541. The van der Waals surface area contributed by atoms with E-state index in [2.05, 4.69) is 9.88 Å². The first kappa shape index (κ1) is 16.0. The van der Waals surface area contributed by atoms with Gasteiger partial charge in [-0.1, -0.05) is 12.5 Å². The number of likely N-dealkylation sites (tertiary alicyclic amines) is 2. The van der Waals surface area contributed by atoms with Crippen molar-refractivity contribution in [3.8, 4) is 0 Å². The van der Waals surface area contributed by atoms with Crippen molar-refractivity contribution in [1.29, 1.82) is 0 Å². The van der Waals surface area contributed by atoms with Gasteiger partial charge in [0.1, 0.15) is 5.69 Å². The van der Waals surface area contributed by atoms with Crippen LogP contribution in [0.15, 0.2) is 18.2 Å². The van der Waals surface area contributed by atoms with Gasteiger partial charge in [0.25, 0.3) is 5.91 Å². The second kappa shape index (κ2) is 6.45. The largest absolute Gasteiger partial charge is 0.380 e. The molecule has 3 fully saturated rings. The molecule has 5 nitrogen and oxygen atoms in total. The predicted molar refractivity (Wildman–Crippen MR) is 91.9 cm³/mol. The van der Waals surface area contributed by atoms with Crippen molar-refractivity contribution in [3.05, 3.63) is 29.6 Å². The van der Waals surface area contributed by atoms with Crippen LogP contribution < -0.4 is 0 Å². The van der Waals surface area contributed by atoms with E-state index in [4.69, 9.17) is 4.74 Å². The number of aryl methyl sites for hydroxylation is 1. The first-order valence-electron chi connectivity index (χ1n) is 9.19. The minimum atomic E-state index is 0.0751. The quantitative estimate of drug-likeness (QED) is 0.850. The number of amides is 1. The van der Waals surface area contributed by atoms with Gasteiger partial charge in [-0.2, -0.15) is 0 Å². The van der Waals surface area contributed by atoms with Crippen LogP contribution in [0.3, 0.4) is 0 Å². The third-order valence-corrected chi connectivity index (χ3v) is 5.90. The Labute approximate surface area is 144 Å². The molecule has 1 amide bonds. The molecule has 4 rings (SSSR count). The fourth-order valence-electron chi connectivity index (χ4n) is 4.60. The second-order valence-electron chi connectivity index (χ2n) is 7.76. The van der Waals surface area contributed by atoms with Gasteiger partial charge in [-0.05, 0) is 45.0 Å². The molecule has 0 N–H and O–H groups in total. The number of pyridine rings is 1. The topological polar surface area (TPSA) is 45.7 Å². The molecule has 0 bridgehead atoms. The zero-order chi connectivity index (χ0) is 16.6. The molecule has 0 saturated carbocycles. The minimum absolute atomic E-state index is 0.0751. The van der Waals surface area contributed by atoms with Crippen molar-refractivity contribution in [2.24, 2.45) is 11.3 Å². The number of nitrogens with zero attached hydrogens (tertiary/aromatic N) is 3. The number of rotatable bonds is 3. The number of carbonyl (C=O) groups excluding carboxylic acids is 1. The first-order chi connectivity index (χ1) is 11.7. The number of hydrogen-bond donors (Lipinski definition) is 0. The van der Waals surface area contributed by atoms with Gasteiger partial charge < -0.3 is 14.5 Å². The maximum absolute atomic E-state index is 12.9. The molecule has 0 spiro atoms. The number of carbonyl (C=O) groups is 1. The van der Waals surface area contributed by atoms with E-state index in [0.717, 1.165) is 38.5 Å².